The number of benzene rings is 1. The van der Waals surface area contributed by atoms with Crippen molar-refractivity contribution in [2.45, 2.75) is 39.9 Å². The van der Waals surface area contributed by atoms with Crippen molar-refractivity contribution in [1.82, 2.24) is 25.1 Å². The van der Waals surface area contributed by atoms with Crippen LogP contribution in [0.15, 0.2) is 35.6 Å². The van der Waals surface area contributed by atoms with Crippen molar-refractivity contribution >= 4 is 11.6 Å². The Balaban J connectivity index is 0.00000166. The van der Waals surface area contributed by atoms with Gasteiger partial charge in [-0.1, -0.05) is 32.6 Å². The van der Waals surface area contributed by atoms with Gasteiger partial charge >= 0.3 is 0 Å². The summed E-state index contributed by atoms with van der Waals surface area (Å²) in [4.78, 5) is 30.8. The zero-order valence-corrected chi connectivity index (χ0v) is 18.4. The lowest BCUT2D eigenvalue weighted by molar-refractivity contribution is -0.122. The van der Waals surface area contributed by atoms with Gasteiger partial charge in [0.1, 0.15) is 17.3 Å². The minimum Gasteiger partial charge on any atom is -0.501 e. The number of carbonyl (C=O) groups excluding carboxylic acids is 1. The molecule has 0 fully saturated rings. The molecule has 1 aliphatic heterocycles. The van der Waals surface area contributed by atoms with Crippen molar-refractivity contribution in [1.29, 1.82) is 0 Å². The zero-order valence-electron chi connectivity index (χ0n) is 18.4. The average molecular weight is 432 g/mol. The molecule has 8 nitrogen and oxygen atoms in total. The molecule has 31 heavy (non-hydrogen) atoms. The molecule has 0 saturated carbocycles. The van der Waals surface area contributed by atoms with Gasteiger partial charge in [0.25, 0.3) is 5.56 Å². The van der Waals surface area contributed by atoms with Gasteiger partial charge in [-0.15, -0.1) is 0 Å². The molecule has 2 heterocycles. The van der Waals surface area contributed by atoms with Crippen molar-refractivity contribution < 1.29 is 14.3 Å². The molecule has 1 amide bonds. The second-order valence-electron chi connectivity index (χ2n) is 6.90. The summed E-state index contributed by atoms with van der Waals surface area (Å²) >= 11 is 0. The molecule has 3 rings (SSSR count). The number of carbonyl (C=O) groups is 1. The molecule has 1 aromatic heterocycles. The third kappa shape index (κ3) is 5.49. The molecule has 168 valence electrons. The maximum Gasteiger partial charge on any atom is 0.296 e. The lowest BCUT2D eigenvalue weighted by Crippen LogP contribution is -2.46. The Morgan fingerprint density at radius 3 is 2.55 bits per heavy atom. The summed E-state index contributed by atoms with van der Waals surface area (Å²) in [5, 5.41) is 16.0. The van der Waals surface area contributed by atoms with E-state index in [9.17, 15) is 19.1 Å². The Bertz CT molecular complexity index is 988. The summed E-state index contributed by atoms with van der Waals surface area (Å²) in [5.41, 5.74) is 0.618. The SMILES string of the molecule is C=C(NCc1ccc(F)cc1)c1nc2n(c(=O)c1O)CCN(CC(=O)NC)C2C.CC. The van der Waals surface area contributed by atoms with Gasteiger partial charge < -0.3 is 15.7 Å². The molecule has 0 aliphatic carbocycles. The fraction of sp³-hybridized carbons (Fsp3) is 0.409. The quantitative estimate of drug-likeness (QED) is 0.647. The normalized spacial score (nSPS) is 15.3. The minimum absolute atomic E-state index is 0.0667. The molecule has 3 N–H and O–H groups in total. The Morgan fingerprint density at radius 2 is 1.94 bits per heavy atom. The zero-order chi connectivity index (χ0) is 23.1. The van der Waals surface area contributed by atoms with Gasteiger partial charge in [-0.3, -0.25) is 19.1 Å². The number of aromatic hydroxyl groups is 1. The highest BCUT2D eigenvalue weighted by atomic mass is 19.1. The number of aromatic nitrogens is 2. The second kappa shape index (κ2) is 10.7. The predicted octanol–water partition coefficient (Wildman–Crippen LogP) is 2.00. The fourth-order valence-electron chi connectivity index (χ4n) is 3.27. The lowest BCUT2D eigenvalue weighted by atomic mass is 10.1. The number of amides is 1. The van der Waals surface area contributed by atoms with Crippen molar-refractivity contribution in [3.05, 3.63) is 64.1 Å². The van der Waals surface area contributed by atoms with E-state index < -0.39 is 11.3 Å². The van der Waals surface area contributed by atoms with E-state index in [0.29, 0.717) is 25.5 Å². The molecular formula is C22H30FN5O3. The first kappa shape index (κ1) is 24.1. The van der Waals surface area contributed by atoms with Gasteiger partial charge in [-0.05, 0) is 24.6 Å². The average Bonchev–Trinajstić information content (AvgIpc) is 2.78. The third-order valence-corrected chi connectivity index (χ3v) is 5.04. The van der Waals surface area contributed by atoms with Crippen molar-refractivity contribution in [3.63, 3.8) is 0 Å². The predicted molar refractivity (Wildman–Crippen MR) is 118 cm³/mol. The van der Waals surface area contributed by atoms with Crippen molar-refractivity contribution in [2.75, 3.05) is 20.1 Å². The number of fused-ring (bicyclic) bond motifs is 1. The van der Waals surface area contributed by atoms with Crippen LogP contribution in [0.1, 0.15) is 43.9 Å². The first-order valence-corrected chi connectivity index (χ1v) is 10.3. The number of nitrogens with zero attached hydrogens (tertiary/aromatic N) is 3. The molecule has 0 bridgehead atoms. The molecule has 0 spiro atoms. The van der Waals surface area contributed by atoms with Crippen LogP contribution in [-0.2, 0) is 17.9 Å². The van der Waals surface area contributed by atoms with Crippen molar-refractivity contribution in [2.24, 2.45) is 0 Å². The molecular weight excluding hydrogens is 401 g/mol. The van der Waals surface area contributed by atoms with Crippen LogP contribution in [0, 0.1) is 5.82 Å². The van der Waals surface area contributed by atoms with Crippen LogP contribution in [-0.4, -0.2) is 45.6 Å². The minimum atomic E-state index is -0.541. The number of likely N-dealkylation sites (N-methyl/N-ethyl adjacent to an activating group) is 1. The van der Waals surface area contributed by atoms with E-state index in [2.05, 4.69) is 22.2 Å². The molecule has 1 aliphatic rings. The van der Waals surface area contributed by atoms with Gasteiger partial charge in [-0.2, -0.15) is 0 Å². The number of nitrogens with one attached hydrogen (secondary N) is 2. The van der Waals surface area contributed by atoms with Crippen LogP contribution >= 0.6 is 0 Å². The van der Waals surface area contributed by atoms with Crippen LogP contribution in [0.25, 0.3) is 5.70 Å². The molecule has 1 aromatic carbocycles. The second-order valence-corrected chi connectivity index (χ2v) is 6.90. The monoisotopic (exact) mass is 431 g/mol. The Kier molecular flexibility index (Phi) is 8.32. The Hall–Kier alpha value is -3.20. The highest BCUT2D eigenvalue weighted by molar-refractivity contribution is 5.77. The van der Waals surface area contributed by atoms with E-state index in [1.807, 2.05) is 25.7 Å². The summed E-state index contributed by atoms with van der Waals surface area (Å²) in [7, 11) is 1.57. The largest absolute Gasteiger partial charge is 0.501 e. The summed E-state index contributed by atoms with van der Waals surface area (Å²) in [6.45, 7) is 11.1. The first-order chi connectivity index (χ1) is 14.8. The molecule has 9 heteroatoms. The maximum atomic E-state index is 13.0. The maximum absolute atomic E-state index is 13.0. The topological polar surface area (TPSA) is 99.5 Å². The van der Waals surface area contributed by atoms with Crippen molar-refractivity contribution in [3.8, 4) is 5.75 Å². The van der Waals surface area contributed by atoms with Gasteiger partial charge in [0.15, 0.2) is 0 Å². The van der Waals surface area contributed by atoms with Crippen LogP contribution in [0.4, 0.5) is 4.39 Å². The van der Waals surface area contributed by atoms with E-state index in [0.717, 1.165) is 5.56 Å². The summed E-state index contributed by atoms with van der Waals surface area (Å²) in [6.07, 6.45) is 0. The van der Waals surface area contributed by atoms with E-state index in [1.54, 1.807) is 19.2 Å². The van der Waals surface area contributed by atoms with Gasteiger partial charge in [0.2, 0.25) is 11.7 Å². The van der Waals surface area contributed by atoms with E-state index in [1.165, 1.54) is 16.7 Å². The van der Waals surface area contributed by atoms with Crippen LogP contribution < -0.4 is 16.2 Å². The Morgan fingerprint density at radius 1 is 1.29 bits per heavy atom. The van der Waals surface area contributed by atoms with Gasteiger partial charge in [0, 0.05) is 26.7 Å². The number of halogens is 1. The number of hydrogen-bond acceptors (Lipinski definition) is 6. The summed E-state index contributed by atoms with van der Waals surface area (Å²) < 4.78 is 14.5. The highest BCUT2D eigenvalue weighted by Crippen LogP contribution is 2.26. The van der Waals surface area contributed by atoms with E-state index in [4.69, 9.17) is 0 Å². The van der Waals surface area contributed by atoms with Crippen LogP contribution in [0.3, 0.4) is 0 Å². The molecule has 0 radical (unpaired) electrons. The smallest absolute Gasteiger partial charge is 0.296 e. The van der Waals surface area contributed by atoms with Crippen LogP contribution in [0.2, 0.25) is 0 Å². The standard InChI is InChI=1S/C20H24FN5O3.C2H6/c1-12(23-10-14-4-6-15(21)7-5-14)17-18(28)20(29)26-9-8-25(11-16(27)22-3)13(2)19(26)24-17;1-2/h4-7,13,23,28H,1,8-11H2,2-3H3,(H,22,27);1-2H3. The molecule has 1 unspecified atom stereocenters. The third-order valence-electron chi connectivity index (χ3n) is 5.04. The lowest BCUT2D eigenvalue weighted by Gasteiger charge is -2.34. The molecule has 0 saturated heterocycles. The van der Waals surface area contributed by atoms with E-state index >= 15 is 0 Å². The summed E-state index contributed by atoms with van der Waals surface area (Å²) in [6, 6.07) is 5.66. The summed E-state index contributed by atoms with van der Waals surface area (Å²) in [5.74, 6) is -0.470. The number of rotatable bonds is 6. The van der Waals surface area contributed by atoms with Gasteiger partial charge in [0.05, 0.1) is 18.3 Å². The first-order valence-electron chi connectivity index (χ1n) is 10.3. The Labute approximate surface area is 181 Å². The molecule has 2 aromatic rings. The van der Waals surface area contributed by atoms with Crippen LogP contribution in [0.5, 0.6) is 5.75 Å². The van der Waals surface area contributed by atoms with E-state index in [-0.39, 0.29) is 35.7 Å². The fourth-order valence-corrected chi connectivity index (χ4v) is 3.27. The highest BCUT2D eigenvalue weighted by Gasteiger charge is 2.30. The van der Waals surface area contributed by atoms with Gasteiger partial charge in [-0.25, -0.2) is 9.37 Å². The number of hydrogen-bond donors (Lipinski definition) is 3. The molecule has 1 atom stereocenters.